The van der Waals surface area contributed by atoms with Gasteiger partial charge < -0.3 is 10.6 Å². The quantitative estimate of drug-likeness (QED) is 0.645. The van der Waals surface area contributed by atoms with E-state index in [1.165, 1.54) is 6.07 Å². The first kappa shape index (κ1) is 15.8. The number of rotatable bonds is 6. The average Bonchev–Trinajstić information content (AvgIpc) is 2.39. The highest BCUT2D eigenvalue weighted by atomic mass is 32.2. The van der Waals surface area contributed by atoms with Gasteiger partial charge in [0.25, 0.3) is 0 Å². The summed E-state index contributed by atoms with van der Waals surface area (Å²) in [6, 6.07) is 4.84. The minimum atomic E-state index is -0.200. The Bertz CT molecular complexity index is 431. The molecule has 0 saturated carbocycles. The van der Waals surface area contributed by atoms with Crippen molar-refractivity contribution in [2.45, 2.75) is 26.1 Å². The Balaban J connectivity index is 2.84. The molecule has 1 aromatic carbocycles. The van der Waals surface area contributed by atoms with Crippen LogP contribution >= 0.6 is 11.8 Å². The number of nitrogens with two attached hydrogens (primary N) is 1. The van der Waals surface area contributed by atoms with Gasteiger partial charge in [-0.05, 0) is 43.4 Å². The summed E-state index contributed by atoms with van der Waals surface area (Å²) in [6.45, 7) is 6.27. The van der Waals surface area contributed by atoms with Crippen molar-refractivity contribution < 1.29 is 4.39 Å². The summed E-state index contributed by atoms with van der Waals surface area (Å²) in [7, 11) is 0. The van der Waals surface area contributed by atoms with Crippen molar-refractivity contribution in [2.24, 2.45) is 10.7 Å². The SMILES string of the molecule is CCN(CC)C(N)=NCc1ccc(F)cc1CSC. The fourth-order valence-electron chi connectivity index (χ4n) is 1.85. The summed E-state index contributed by atoms with van der Waals surface area (Å²) in [5.41, 5.74) is 7.96. The van der Waals surface area contributed by atoms with Crippen molar-refractivity contribution >= 4 is 17.7 Å². The fourth-order valence-corrected chi connectivity index (χ4v) is 2.43. The number of hydrogen-bond acceptors (Lipinski definition) is 2. The lowest BCUT2D eigenvalue weighted by atomic mass is 10.1. The molecule has 1 aromatic rings. The third-order valence-corrected chi connectivity index (χ3v) is 3.57. The second kappa shape index (κ2) is 8.04. The van der Waals surface area contributed by atoms with Gasteiger partial charge in [0.05, 0.1) is 6.54 Å². The van der Waals surface area contributed by atoms with Crippen LogP contribution in [0.2, 0.25) is 0 Å². The molecule has 0 unspecified atom stereocenters. The summed E-state index contributed by atoms with van der Waals surface area (Å²) >= 11 is 1.67. The molecule has 0 aliphatic rings. The van der Waals surface area contributed by atoms with E-state index in [9.17, 15) is 4.39 Å². The molecule has 0 fully saturated rings. The Morgan fingerprint density at radius 1 is 1.32 bits per heavy atom. The molecule has 106 valence electrons. The highest BCUT2D eigenvalue weighted by Crippen LogP contribution is 2.17. The molecule has 19 heavy (non-hydrogen) atoms. The molecule has 0 heterocycles. The number of thioether (sulfide) groups is 1. The zero-order chi connectivity index (χ0) is 14.3. The molecule has 0 bridgehead atoms. The maximum absolute atomic E-state index is 13.2. The number of nitrogens with zero attached hydrogens (tertiary/aromatic N) is 2. The van der Waals surface area contributed by atoms with Gasteiger partial charge in [0.15, 0.2) is 5.96 Å². The number of benzene rings is 1. The average molecular weight is 283 g/mol. The van der Waals surface area contributed by atoms with E-state index >= 15 is 0 Å². The summed E-state index contributed by atoms with van der Waals surface area (Å²) < 4.78 is 13.2. The molecule has 5 heteroatoms. The van der Waals surface area contributed by atoms with Crippen LogP contribution in [0, 0.1) is 5.82 Å². The molecule has 2 N–H and O–H groups in total. The molecule has 0 aliphatic heterocycles. The van der Waals surface area contributed by atoms with Crippen LogP contribution in [0.4, 0.5) is 4.39 Å². The van der Waals surface area contributed by atoms with Crippen LogP contribution in [0.3, 0.4) is 0 Å². The second-order valence-corrected chi connectivity index (χ2v) is 5.06. The lowest BCUT2D eigenvalue weighted by Gasteiger charge is -2.19. The first-order chi connectivity index (χ1) is 9.12. The van der Waals surface area contributed by atoms with Crippen molar-refractivity contribution in [1.82, 2.24) is 4.90 Å². The van der Waals surface area contributed by atoms with Gasteiger partial charge in [0, 0.05) is 18.8 Å². The number of aliphatic imine (C=N–C) groups is 1. The summed E-state index contributed by atoms with van der Waals surface area (Å²) in [6.07, 6.45) is 2.00. The van der Waals surface area contributed by atoms with Crippen molar-refractivity contribution in [3.05, 3.63) is 35.1 Å². The van der Waals surface area contributed by atoms with E-state index in [0.29, 0.717) is 12.5 Å². The van der Waals surface area contributed by atoms with E-state index in [1.54, 1.807) is 23.9 Å². The zero-order valence-electron chi connectivity index (χ0n) is 11.8. The highest BCUT2D eigenvalue weighted by Gasteiger charge is 2.05. The predicted octanol–water partition coefficient (Wildman–Crippen LogP) is 2.85. The van der Waals surface area contributed by atoms with Crippen LogP contribution in [0.15, 0.2) is 23.2 Å². The fraction of sp³-hybridized carbons (Fsp3) is 0.500. The van der Waals surface area contributed by atoms with E-state index < -0.39 is 0 Å². The Hall–Kier alpha value is -1.23. The first-order valence-electron chi connectivity index (χ1n) is 6.43. The van der Waals surface area contributed by atoms with E-state index in [1.807, 2.05) is 25.0 Å². The molecular formula is C14H22FN3S. The van der Waals surface area contributed by atoms with Crippen molar-refractivity contribution in [2.75, 3.05) is 19.3 Å². The van der Waals surface area contributed by atoms with Crippen LogP contribution in [0.25, 0.3) is 0 Å². The lowest BCUT2D eigenvalue weighted by Crippen LogP contribution is -2.37. The van der Waals surface area contributed by atoms with Gasteiger partial charge in [-0.3, -0.25) is 0 Å². The van der Waals surface area contributed by atoms with Crippen LogP contribution in [0.1, 0.15) is 25.0 Å². The minimum absolute atomic E-state index is 0.200. The van der Waals surface area contributed by atoms with Gasteiger partial charge in [-0.15, -0.1) is 0 Å². The smallest absolute Gasteiger partial charge is 0.191 e. The molecule has 0 amide bonds. The molecule has 0 atom stereocenters. The molecule has 0 saturated heterocycles. The van der Waals surface area contributed by atoms with Crippen molar-refractivity contribution in [3.63, 3.8) is 0 Å². The Labute approximate surface area is 119 Å². The van der Waals surface area contributed by atoms with E-state index in [0.717, 1.165) is 30.0 Å². The molecular weight excluding hydrogens is 261 g/mol. The zero-order valence-corrected chi connectivity index (χ0v) is 12.6. The van der Waals surface area contributed by atoms with Gasteiger partial charge in [-0.2, -0.15) is 11.8 Å². The standard InChI is InChI=1S/C14H22FN3S/c1-4-18(5-2)14(16)17-9-11-6-7-13(15)8-12(11)10-19-3/h6-8H,4-5,9-10H2,1-3H3,(H2,16,17). The molecule has 0 radical (unpaired) electrons. The summed E-state index contributed by atoms with van der Waals surface area (Å²) in [4.78, 5) is 6.40. The van der Waals surface area contributed by atoms with Gasteiger partial charge in [-0.25, -0.2) is 9.38 Å². The van der Waals surface area contributed by atoms with Crippen LogP contribution in [-0.4, -0.2) is 30.2 Å². The number of hydrogen-bond donors (Lipinski definition) is 1. The lowest BCUT2D eigenvalue weighted by molar-refractivity contribution is 0.458. The maximum Gasteiger partial charge on any atom is 0.191 e. The third-order valence-electron chi connectivity index (χ3n) is 2.97. The summed E-state index contributed by atoms with van der Waals surface area (Å²) in [5, 5.41) is 0. The molecule has 1 rings (SSSR count). The third kappa shape index (κ3) is 4.74. The van der Waals surface area contributed by atoms with Crippen LogP contribution in [-0.2, 0) is 12.3 Å². The molecule has 3 nitrogen and oxygen atoms in total. The van der Waals surface area contributed by atoms with E-state index in [4.69, 9.17) is 5.73 Å². The van der Waals surface area contributed by atoms with Gasteiger partial charge in [-0.1, -0.05) is 6.07 Å². The number of guanidine groups is 1. The minimum Gasteiger partial charge on any atom is -0.370 e. The first-order valence-corrected chi connectivity index (χ1v) is 7.82. The van der Waals surface area contributed by atoms with Crippen LogP contribution in [0.5, 0.6) is 0 Å². The molecule has 0 aliphatic carbocycles. The number of halogens is 1. The predicted molar refractivity (Wildman–Crippen MR) is 81.9 cm³/mol. The topological polar surface area (TPSA) is 41.6 Å². The second-order valence-electron chi connectivity index (χ2n) is 4.19. The Morgan fingerprint density at radius 2 is 2.00 bits per heavy atom. The van der Waals surface area contributed by atoms with Gasteiger partial charge in [0.1, 0.15) is 5.82 Å². The van der Waals surface area contributed by atoms with Gasteiger partial charge >= 0.3 is 0 Å². The maximum atomic E-state index is 13.2. The van der Waals surface area contributed by atoms with E-state index in [2.05, 4.69) is 4.99 Å². The van der Waals surface area contributed by atoms with Crippen molar-refractivity contribution in [1.29, 1.82) is 0 Å². The summed E-state index contributed by atoms with van der Waals surface area (Å²) in [5.74, 6) is 1.13. The molecule has 0 aromatic heterocycles. The van der Waals surface area contributed by atoms with Crippen LogP contribution < -0.4 is 5.73 Å². The largest absolute Gasteiger partial charge is 0.370 e. The molecule has 0 spiro atoms. The normalized spacial score (nSPS) is 11.7. The Kier molecular flexibility index (Phi) is 6.70. The van der Waals surface area contributed by atoms with Crippen molar-refractivity contribution in [3.8, 4) is 0 Å². The Morgan fingerprint density at radius 3 is 2.58 bits per heavy atom. The highest BCUT2D eigenvalue weighted by molar-refractivity contribution is 7.97. The monoisotopic (exact) mass is 283 g/mol. The van der Waals surface area contributed by atoms with E-state index in [-0.39, 0.29) is 5.82 Å². The van der Waals surface area contributed by atoms with Gasteiger partial charge in [0.2, 0.25) is 0 Å².